The standard InChI is InChI=1S/C11H16N2O2/c1-11(2,3)10(14)13-8-5-6-9(15-4)12-7-8/h5-7H,1-4H3,(H,13,14). The molecule has 0 atom stereocenters. The van der Waals surface area contributed by atoms with E-state index >= 15 is 0 Å². The normalized spacial score (nSPS) is 10.9. The first-order chi connectivity index (χ1) is 6.93. The summed E-state index contributed by atoms with van der Waals surface area (Å²) in [5.74, 6) is 0.498. The van der Waals surface area contributed by atoms with Crippen LogP contribution in [0.3, 0.4) is 0 Å². The topological polar surface area (TPSA) is 51.2 Å². The Morgan fingerprint density at radius 1 is 1.40 bits per heavy atom. The molecule has 0 saturated heterocycles. The van der Waals surface area contributed by atoms with Crippen molar-refractivity contribution in [3.8, 4) is 5.88 Å². The maximum atomic E-state index is 11.6. The van der Waals surface area contributed by atoms with Gasteiger partial charge in [-0.15, -0.1) is 0 Å². The molecule has 1 aromatic rings. The van der Waals surface area contributed by atoms with Crippen LogP contribution in [0.1, 0.15) is 20.8 Å². The lowest BCUT2D eigenvalue weighted by Crippen LogP contribution is -2.27. The minimum Gasteiger partial charge on any atom is -0.481 e. The van der Waals surface area contributed by atoms with Gasteiger partial charge < -0.3 is 10.1 Å². The van der Waals surface area contributed by atoms with Crippen LogP contribution in [0.25, 0.3) is 0 Å². The number of nitrogens with zero attached hydrogens (tertiary/aromatic N) is 1. The molecule has 0 aliphatic heterocycles. The van der Waals surface area contributed by atoms with Crippen LogP contribution in [-0.4, -0.2) is 18.0 Å². The Kier molecular flexibility index (Phi) is 3.29. The van der Waals surface area contributed by atoms with Crippen LogP contribution in [0.15, 0.2) is 18.3 Å². The van der Waals surface area contributed by atoms with Gasteiger partial charge in [0, 0.05) is 11.5 Å². The van der Waals surface area contributed by atoms with Crippen molar-refractivity contribution in [2.75, 3.05) is 12.4 Å². The molecule has 0 spiro atoms. The minimum absolute atomic E-state index is 0.0329. The predicted octanol–water partition coefficient (Wildman–Crippen LogP) is 2.07. The fraction of sp³-hybridized carbons (Fsp3) is 0.455. The van der Waals surface area contributed by atoms with Crippen LogP contribution in [0.2, 0.25) is 0 Å². The second-order valence-electron chi connectivity index (χ2n) is 4.29. The van der Waals surface area contributed by atoms with Crippen molar-refractivity contribution >= 4 is 11.6 Å². The first-order valence-corrected chi connectivity index (χ1v) is 4.75. The minimum atomic E-state index is -0.403. The second kappa shape index (κ2) is 4.29. The van der Waals surface area contributed by atoms with E-state index in [1.165, 1.54) is 0 Å². The van der Waals surface area contributed by atoms with E-state index in [1.54, 1.807) is 25.4 Å². The van der Waals surface area contributed by atoms with Crippen molar-refractivity contribution in [2.45, 2.75) is 20.8 Å². The summed E-state index contributed by atoms with van der Waals surface area (Å²) in [5.41, 5.74) is 0.274. The van der Waals surface area contributed by atoms with Gasteiger partial charge in [0.1, 0.15) is 0 Å². The van der Waals surface area contributed by atoms with Gasteiger partial charge in [0.15, 0.2) is 0 Å². The van der Waals surface area contributed by atoms with Gasteiger partial charge in [-0.1, -0.05) is 20.8 Å². The van der Waals surface area contributed by atoms with E-state index in [1.807, 2.05) is 20.8 Å². The van der Waals surface area contributed by atoms with Crippen LogP contribution >= 0.6 is 0 Å². The highest BCUT2D eigenvalue weighted by molar-refractivity contribution is 5.94. The quantitative estimate of drug-likeness (QED) is 0.809. The lowest BCUT2D eigenvalue weighted by molar-refractivity contribution is -0.123. The van der Waals surface area contributed by atoms with E-state index in [0.29, 0.717) is 11.6 Å². The molecule has 0 saturated carbocycles. The maximum absolute atomic E-state index is 11.6. The van der Waals surface area contributed by atoms with Crippen LogP contribution in [0.5, 0.6) is 5.88 Å². The zero-order valence-corrected chi connectivity index (χ0v) is 9.50. The predicted molar refractivity (Wildman–Crippen MR) is 58.9 cm³/mol. The average Bonchev–Trinajstić information content (AvgIpc) is 2.17. The molecule has 4 nitrogen and oxygen atoms in total. The van der Waals surface area contributed by atoms with Gasteiger partial charge in [-0.25, -0.2) is 4.98 Å². The molecule has 15 heavy (non-hydrogen) atoms. The van der Waals surface area contributed by atoms with Crippen LogP contribution < -0.4 is 10.1 Å². The lowest BCUT2D eigenvalue weighted by atomic mass is 9.96. The summed E-state index contributed by atoms with van der Waals surface area (Å²) >= 11 is 0. The number of methoxy groups -OCH3 is 1. The number of rotatable bonds is 2. The summed E-state index contributed by atoms with van der Waals surface area (Å²) in [7, 11) is 1.55. The van der Waals surface area contributed by atoms with Gasteiger partial charge in [-0.3, -0.25) is 4.79 Å². The Bertz CT molecular complexity index is 339. The van der Waals surface area contributed by atoms with Crippen molar-refractivity contribution < 1.29 is 9.53 Å². The van der Waals surface area contributed by atoms with Gasteiger partial charge in [-0.2, -0.15) is 0 Å². The van der Waals surface area contributed by atoms with Crippen LogP contribution in [0.4, 0.5) is 5.69 Å². The molecule has 4 heteroatoms. The third kappa shape index (κ3) is 3.23. The van der Waals surface area contributed by atoms with Gasteiger partial charge in [0.2, 0.25) is 11.8 Å². The van der Waals surface area contributed by atoms with Gasteiger partial charge in [0.05, 0.1) is 19.0 Å². The van der Waals surface area contributed by atoms with E-state index < -0.39 is 5.41 Å². The smallest absolute Gasteiger partial charge is 0.229 e. The van der Waals surface area contributed by atoms with E-state index in [4.69, 9.17) is 4.74 Å². The summed E-state index contributed by atoms with van der Waals surface area (Å²) in [5, 5.41) is 2.78. The van der Waals surface area contributed by atoms with E-state index in [-0.39, 0.29) is 5.91 Å². The Morgan fingerprint density at radius 3 is 2.47 bits per heavy atom. The highest BCUT2D eigenvalue weighted by Gasteiger charge is 2.21. The number of nitrogens with one attached hydrogen (secondary N) is 1. The number of aromatic nitrogens is 1. The Hall–Kier alpha value is -1.58. The number of anilines is 1. The lowest BCUT2D eigenvalue weighted by Gasteiger charge is -2.17. The fourth-order valence-electron chi connectivity index (χ4n) is 0.894. The number of ether oxygens (including phenoxy) is 1. The molecule has 1 heterocycles. The number of carbonyl (C=O) groups is 1. The van der Waals surface area contributed by atoms with Gasteiger partial charge >= 0.3 is 0 Å². The molecule has 0 aliphatic carbocycles. The number of hydrogen-bond acceptors (Lipinski definition) is 3. The number of carbonyl (C=O) groups excluding carboxylic acids is 1. The SMILES string of the molecule is COc1ccc(NC(=O)C(C)(C)C)cn1. The highest BCUT2D eigenvalue weighted by atomic mass is 16.5. The van der Waals surface area contributed by atoms with E-state index in [9.17, 15) is 4.79 Å². The molecule has 0 fully saturated rings. The number of pyridine rings is 1. The number of amides is 1. The fourth-order valence-corrected chi connectivity index (χ4v) is 0.894. The molecule has 82 valence electrons. The van der Waals surface area contributed by atoms with Crippen molar-refractivity contribution in [3.05, 3.63) is 18.3 Å². The van der Waals surface area contributed by atoms with Crippen molar-refractivity contribution in [3.63, 3.8) is 0 Å². The van der Waals surface area contributed by atoms with Gasteiger partial charge in [-0.05, 0) is 6.07 Å². The van der Waals surface area contributed by atoms with Gasteiger partial charge in [0.25, 0.3) is 0 Å². The molecule has 1 aromatic heterocycles. The molecular weight excluding hydrogens is 192 g/mol. The Balaban J connectivity index is 2.70. The van der Waals surface area contributed by atoms with E-state index in [0.717, 1.165) is 0 Å². The summed E-state index contributed by atoms with van der Waals surface area (Å²) in [6.07, 6.45) is 1.57. The summed E-state index contributed by atoms with van der Waals surface area (Å²) in [6.45, 7) is 5.58. The number of hydrogen-bond donors (Lipinski definition) is 1. The maximum Gasteiger partial charge on any atom is 0.229 e. The molecule has 0 bridgehead atoms. The third-order valence-corrected chi connectivity index (χ3v) is 1.88. The highest BCUT2D eigenvalue weighted by Crippen LogP contribution is 2.17. The largest absolute Gasteiger partial charge is 0.481 e. The average molecular weight is 208 g/mol. The molecule has 0 aromatic carbocycles. The van der Waals surface area contributed by atoms with Crippen LogP contribution in [-0.2, 0) is 4.79 Å². The first-order valence-electron chi connectivity index (χ1n) is 4.75. The summed E-state index contributed by atoms with van der Waals surface area (Å²) in [4.78, 5) is 15.6. The molecular formula is C11H16N2O2. The Labute approximate surface area is 89.7 Å². The van der Waals surface area contributed by atoms with Crippen molar-refractivity contribution in [2.24, 2.45) is 5.41 Å². The molecule has 0 radical (unpaired) electrons. The second-order valence-corrected chi connectivity index (χ2v) is 4.29. The van der Waals surface area contributed by atoms with Crippen molar-refractivity contribution in [1.29, 1.82) is 0 Å². The zero-order valence-electron chi connectivity index (χ0n) is 9.50. The monoisotopic (exact) mass is 208 g/mol. The molecule has 1 N–H and O–H groups in total. The molecule has 1 amide bonds. The van der Waals surface area contributed by atoms with Crippen molar-refractivity contribution in [1.82, 2.24) is 4.98 Å². The Morgan fingerprint density at radius 2 is 2.07 bits per heavy atom. The molecule has 1 rings (SSSR count). The molecule has 0 unspecified atom stereocenters. The van der Waals surface area contributed by atoms with E-state index in [2.05, 4.69) is 10.3 Å². The molecule has 0 aliphatic rings. The summed E-state index contributed by atoms with van der Waals surface area (Å²) < 4.78 is 4.92. The third-order valence-electron chi connectivity index (χ3n) is 1.88. The first kappa shape index (κ1) is 11.5. The van der Waals surface area contributed by atoms with Crippen LogP contribution in [0, 0.1) is 5.41 Å². The zero-order chi connectivity index (χ0) is 11.5. The summed E-state index contributed by atoms with van der Waals surface area (Å²) in [6, 6.07) is 3.47.